The molecule has 3 heterocycles. The number of aryl methyl sites for hydroxylation is 1. The van der Waals surface area contributed by atoms with Crippen LogP contribution in [0.2, 0.25) is 0 Å². The van der Waals surface area contributed by atoms with Gasteiger partial charge in [0, 0.05) is 38.6 Å². The van der Waals surface area contributed by atoms with Gasteiger partial charge < -0.3 is 19.1 Å². The summed E-state index contributed by atoms with van der Waals surface area (Å²) in [5.74, 6) is 2.36. The molecule has 1 aliphatic heterocycles. The van der Waals surface area contributed by atoms with Crippen molar-refractivity contribution < 1.29 is 9.53 Å². The van der Waals surface area contributed by atoms with Gasteiger partial charge in [-0.2, -0.15) is 0 Å². The molecule has 2 aromatic heterocycles. The van der Waals surface area contributed by atoms with Gasteiger partial charge in [-0.1, -0.05) is 12.1 Å². The normalized spacial score (nSPS) is 14.2. The summed E-state index contributed by atoms with van der Waals surface area (Å²) in [6.07, 6.45) is 3.87. The van der Waals surface area contributed by atoms with Crippen LogP contribution in [0.25, 0.3) is 5.82 Å². The number of piperazine rings is 1. The molecular weight excluding hydrogens is 354 g/mol. The Kier molecular flexibility index (Phi) is 5.23. The Morgan fingerprint density at radius 1 is 0.964 bits per heavy atom. The third kappa shape index (κ3) is 4.14. The summed E-state index contributed by atoms with van der Waals surface area (Å²) in [6, 6.07) is 15.6. The van der Waals surface area contributed by atoms with E-state index in [4.69, 9.17) is 4.74 Å². The zero-order valence-corrected chi connectivity index (χ0v) is 15.9. The second-order valence-corrected chi connectivity index (χ2v) is 6.81. The summed E-state index contributed by atoms with van der Waals surface area (Å²) < 4.78 is 7.55. The molecule has 1 aliphatic rings. The van der Waals surface area contributed by atoms with Crippen molar-refractivity contribution >= 4 is 11.7 Å². The smallest absolute Gasteiger partial charge is 0.260 e. The number of hydrogen-bond acceptors (Lipinski definition) is 5. The number of ether oxygens (including phenoxy) is 1. The number of carbonyl (C=O) groups excluding carboxylic acids is 1. The van der Waals surface area contributed by atoms with Gasteiger partial charge in [0.1, 0.15) is 5.75 Å². The van der Waals surface area contributed by atoms with Crippen LogP contribution in [0, 0.1) is 6.92 Å². The molecular formula is C21H23N5O2. The van der Waals surface area contributed by atoms with E-state index in [9.17, 15) is 4.79 Å². The van der Waals surface area contributed by atoms with E-state index in [2.05, 4.69) is 15.1 Å². The summed E-state index contributed by atoms with van der Waals surface area (Å²) in [5, 5.41) is 8.63. The van der Waals surface area contributed by atoms with Gasteiger partial charge in [-0.15, -0.1) is 10.2 Å². The van der Waals surface area contributed by atoms with Crippen LogP contribution < -0.4 is 9.64 Å². The fourth-order valence-electron chi connectivity index (χ4n) is 3.24. The summed E-state index contributed by atoms with van der Waals surface area (Å²) in [4.78, 5) is 16.4. The quantitative estimate of drug-likeness (QED) is 0.683. The molecule has 7 nitrogen and oxygen atoms in total. The fourth-order valence-corrected chi connectivity index (χ4v) is 3.24. The summed E-state index contributed by atoms with van der Waals surface area (Å²) >= 11 is 0. The third-order valence-corrected chi connectivity index (χ3v) is 4.81. The van der Waals surface area contributed by atoms with Crippen molar-refractivity contribution in [3.8, 4) is 11.6 Å². The summed E-state index contributed by atoms with van der Waals surface area (Å²) in [7, 11) is 0. The van der Waals surface area contributed by atoms with Crippen LogP contribution in [0.1, 0.15) is 5.56 Å². The van der Waals surface area contributed by atoms with E-state index >= 15 is 0 Å². The molecule has 0 unspecified atom stereocenters. The Morgan fingerprint density at radius 3 is 2.36 bits per heavy atom. The average Bonchev–Trinajstić information content (AvgIpc) is 3.27. The lowest BCUT2D eigenvalue weighted by atomic mass is 10.2. The standard InChI is InChI=1S/C21H23N5O2/c1-17-5-4-6-18(15-17)28-16-21(27)26-13-11-25(12-14-26)20-8-7-19(22-23-20)24-9-2-3-10-24/h2-10,15H,11-14,16H2,1H3. The second-order valence-electron chi connectivity index (χ2n) is 6.81. The van der Waals surface area contributed by atoms with Crippen LogP contribution in [-0.2, 0) is 4.79 Å². The minimum atomic E-state index is 0.00944. The fraction of sp³-hybridized carbons (Fsp3) is 0.286. The molecule has 1 amide bonds. The SMILES string of the molecule is Cc1cccc(OCC(=O)N2CCN(c3ccc(-n4cccc4)nn3)CC2)c1. The van der Waals surface area contributed by atoms with Crippen LogP contribution in [0.4, 0.5) is 5.82 Å². The number of rotatable bonds is 5. The number of hydrogen-bond donors (Lipinski definition) is 0. The van der Waals surface area contributed by atoms with Crippen LogP contribution in [0.3, 0.4) is 0 Å². The zero-order chi connectivity index (χ0) is 19.3. The monoisotopic (exact) mass is 377 g/mol. The molecule has 0 radical (unpaired) electrons. The van der Waals surface area contributed by atoms with Crippen molar-refractivity contribution in [2.75, 3.05) is 37.7 Å². The van der Waals surface area contributed by atoms with Crippen molar-refractivity contribution in [1.82, 2.24) is 19.7 Å². The molecule has 0 atom stereocenters. The van der Waals surface area contributed by atoms with Crippen molar-refractivity contribution in [3.63, 3.8) is 0 Å². The highest BCUT2D eigenvalue weighted by Crippen LogP contribution is 2.15. The Hall–Kier alpha value is -3.35. The van der Waals surface area contributed by atoms with E-state index in [0.717, 1.165) is 36.0 Å². The lowest BCUT2D eigenvalue weighted by Gasteiger charge is -2.35. The Balaban J connectivity index is 1.28. The van der Waals surface area contributed by atoms with Crippen molar-refractivity contribution in [3.05, 3.63) is 66.5 Å². The molecule has 0 aliphatic carbocycles. The Labute approximate surface area is 164 Å². The van der Waals surface area contributed by atoms with Gasteiger partial charge in [0.25, 0.3) is 5.91 Å². The predicted molar refractivity (Wildman–Crippen MR) is 107 cm³/mol. The molecule has 28 heavy (non-hydrogen) atoms. The number of aromatic nitrogens is 3. The van der Waals surface area contributed by atoms with Crippen LogP contribution >= 0.6 is 0 Å². The average molecular weight is 377 g/mol. The number of anilines is 1. The molecule has 0 saturated carbocycles. The molecule has 144 valence electrons. The Bertz CT molecular complexity index is 916. The van der Waals surface area contributed by atoms with Crippen LogP contribution in [-0.4, -0.2) is 58.4 Å². The molecule has 1 fully saturated rings. The first kappa shape index (κ1) is 18.0. The maximum atomic E-state index is 12.4. The molecule has 7 heteroatoms. The first-order chi connectivity index (χ1) is 13.7. The number of carbonyl (C=O) groups is 1. The molecule has 1 saturated heterocycles. The van der Waals surface area contributed by atoms with E-state index < -0.39 is 0 Å². The van der Waals surface area contributed by atoms with Gasteiger partial charge in [0.15, 0.2) is 18.2 Å². The van der Waals surface area contributed by atoms with E-state index in [1.807, 2.05) is 77.3 Å². The highest BCUT2D eigenvalue weighted by atomic mass is 16.5. The minimum absolute atomic E-state index is 0.00944. The van der Waals surface area contributed by atoms with Crippen LogP contribution in [0.15, 0.2) is 60.9 Å². The van der Waals surface area contributed by atoms with Crippen LogP contribution in [0.5, 0.6) is 5.75 Å². The number of amides is 1. The van der Waals surface area contributed by atoms with E-state index in [1.165, 1.54) is 0 Å². The van der Waals surface area contributed by atoms with Gasteiger partial charge in [0.2, 0.25) is 0 Å². The zero-order valence-electron chi connectivity index (χ0n) is 15.9. The molecule has 0 spiro atoms. The maximum Gasteiger partial charge on any atom is 0.260 e. The highest BCUT2D eigenvalue weighted by molar-refractivity contribution is 5.78. The Morgan fingerprint density at radius 2 is 1.68 bits per heavy atom. The first-order valence-electron chi connectivity index (χ1n) is 9.38. The highest BCUT2D eigenvalue weighted by Gasteiger charge is 2.22. The van der Waals surface area contributed by atoms with Gasteiger partial charge in [-0.25, -0.2) is 0 Å². The molecule has 0 bridgehead atoms. The summed E-state index contributed by atoms with van der Waals surface area (Å²) in [5.41, 5.74) is 1.11. The van der Waals surface area contributed by atoms with E-state index in [1.54, 1.807) is 0 Å². The van der Waals surface area contributed by atoms with Crippen molar-refractivity contribution in [2.24, 2.45) is 0 Å². The topological polar surface area (TPSA) is 63.5 Å². The largest absolute Gasteiger partial charge is 0.484 e. The molecule has 1 aromatic carbocycles. The van der Waals surface area contributed by atoms with E-state index in [-0.39, 0.29) is 12.5 Å². The van der Waals surface area contributed by atoms with E-state index in [0.29, 0.717) is 13.1 Å². The van der Waals surface area contributed by atoms with Gasteiger partial charge in [0.05, 0.1) is 0 Å². The second kappa shape index (κ2) is 8.12. The van der Waals surface area contributed by atoms with Crippen molar-refractivity contribution in [1.29, 1.82) is 0 Å². The van der Waals surface area contributed by atoms with Gasteiger partial charge >= 0.3 is 0 Å². The number of benzene rings is 1. The lowest BCUT2D eigenvalue weighted by Crippen LogP contribution is -2.50. The van der Waals surface area contributed by atoms with Gasteiger partial charge in [-0.3, -0.25) is 4.79 Å². The predicted octanol–water partition coefficient (Wildman–Crippen LogP) is 2.30. The first-order valence-corrected chi connectivity index (χ1v) is 9.38. The minimum Gasteiger partial charge on any atom is -0.484 e. The lowest BCUT2D eigenvalue weighted by molar-refractivity contribution is -0.133. The molecule has 0 N–H and O–H groups in total. The molecule has 4 rings (SSSR count). The third-order valence-electron chi connectivity index (χ3n) is 4.81. The van der Waals surface area contributed by atoms with Gasteiger partial charge in [-0.05, 0) is 48.9 Å². The summed E-state index contributed by atoms with van der Waals surface area (Å²) in [6.45, 7) is 4.83. The molecule has 3 aromatic rings. The van der Waals surface area contributed by atoms with Crippen molar-refractivity contribution in [2.45, 2.75) is 6.92 Å². The number of nitrogens with zero attached hydrogens (tertiary/aromatic N) is 5. The maximum absolute atomic E-state index is 12.4.